The van der Waals surface area contributed by atoms with E-state index in [1.165, 1.54) is 6.21 Å². The fourth-order valence-corrected chi connectivity index (χ4v) is 2.76. The largest absolute Gasteiger partial charge is 0.484 e. The molecule has 0 saturated heterocycles. The standard InChI is InChI=1S/C19H13Cl3N2O3/c20-12-1-4-14(5-2-12)26-11-19(25)24-23-10-15-6-8-18(27-15)16-7-3-13(21)9-17(16)22/h1-10H,11H2,(H,24,25)/b23-10-. The summed E-state index contributed by atoms with van der Waals surface area (Å²) in [6.45, 7) is -0.178. The Morgan fingerprint density at radius 2 is 1.78 bits per heavy atom. The molecule has 3 rings (SSSR count). The molecule has 0 bridgehead atoms. The molecule has 0 aliphatic carbocycles. The van der Waals surface area contributed by atoms with Gasteiger partial charge in [0.25, 0.3) is 5.91 Å². The Morgan fingerprint density at radius 3 is 2.52 bits per heavy atom. The van der Waals surface area contributed by atoms with Crippen LogP contribution in [0.5, 0.6) is 5.75 Å². The second-order valence-electron chi connectivity index (χ2n) is 5.36. The molecule has 0 unspecified atom stereocenters. The predicted molar refractivity (Wildman–Crippen MR) is 107 cm³/mol. The fourth-order valence-electron chi connectivity index (χ4n) is 2.14. The maximum atomic E-state index is 11.7. The maximum Gasteiger partial charge on any atom is 0.277 e. The summed E-state index contributed by atoms with van der Waals surface area (Å²) in [5.74, 6) is 1.15. The van der Waals surface area contributed by atoms with E-state index in [0.717, 1.165) is 0 Å². The number of nitrogens with one attached hydrogen (secondary N) is 1. The monoisotopic (exact) mass is 422 g/mol. The van der Waals surface area contributed by atoms with Gasteiger partial charge in [-0.15, -0.1) is 0 Å². The Hall–Kier alpha value is -2.47. The van der Waals surface area contributed by atoms with Crippen molar-refractivity contribution >= 4 is 46.9 Å². The van der Waals surface area contributed by atoms with Crippen molar-refractivity contribution in [3.05, 3.63) is 75.4 Å². The third kappa shape index (κ3) is 5.50. The lowest BCUT2D eigenvalue weighted by atomic mass is 10.2. The van der Waals surface area contributed by atoms with E-state index in [1.807, 2.05) is 0 Å². The molecular formula is C19H13Cl3N2O3. The van der Waals surface area contributed by atoms with E-state index >= 15 is 0 Å². The number of hydrazone groups is 1. The van der Waals surface area contributed by atoms with Crippen molar-refractivity contribution in [2.45, 2.75) is 0 Å². The molecule has 8 heteroatoms. The minimum Gasteiger partial charge on any atom is -0.484 e. The van der Waals surface area contributed by atoms with Crippen LogP contribution in [0.1, 0.15) is 5.76 Å². The van der Waals surface area contributed by atoms with Crippen molar-refractivity contribution in [3.8, 4) is 17.1 Å². The normalized spacial score (nSPS) is 10.9. The number of carbonyl (C=O) groups excluding carboxylic acids is 1. The van der Waals surface area contributed by atoms with Crippen LogP contribution in [0.15, 0.2) is 64.1 Å². The summed E-state index contributed by atoms with van der Waals surface area (Å²) < 4.78 is 11.0. The van der Waals surface area contributed by atoms with Gasteiger partial charge < -0.3 is 9.15 Å². The van der Waals surface area contributed by atoms with Crippen molar-refractivity contribution in [3.63, 3.8) is 0 Å². The van der Waals surface area contributed by atoms with Crippen molar-refractivity contribution < 1.29 is 13.9 Å². The minimum atomic E-state index is -0.409. The first kappa shape index (κ1) is 19.3. The summed E-state index contributed by atoms with van der Waals surface area (Å²) in [5.41, 5.74) is 3.07. The summed E-state index contributed by atoms with van der Waals surface area (Å²) in [6.07, 6.45) is 1.38. The SMILES string of the molecule is O=C(COc1ccc(Cl)cc1)N/N=C\c1ccc(-c2ccc(Cl)cc2Cl)o1. The Morgan fingerprint density at radius 1 is 1.04 bits per heavy atom. The molecule has 0 fully saturated rings. The van der Waals surface area contributed by atoms with Crippen LogP contribution in [0.25, 0.3) is 11.3 Å². The van der Waals surface area contributed by atoms with Crippen molar-refractivity contribution in [2.24, 2.45) is 5.10 Å². The first-order valence-corrected chi connectivity index (χ1v) is 8.90. The summed E-state index contributed by atoms with van der Waals surface area (Å²) >= 11 is 17.8. The van der Waals surface area contributed by atoms with Crippen LogP contribution in [0.4, 0.5) is 0 Å². The van der Waals surface area contributed by atoms with E-state index in [2.05, 4.69) is 10.5 Å². The second kappa shape index (κ2) is 8.95. The molecule has 5 nitrogen and oxygen atoms in total. The summed E-state index contributed by atoms with van der Waals surface area (Å²) in [4.78, 5) is 11.7. The van der Waals surface area contributed by atoms with Gasteiger partial charge in [-0.25, -0.2) is 5.43 Å². The van der Waals surface area contributed by atoms with Gasteiger partial charge in [0.05, 0.1) is 11.2 Å². The molecule has 0 aliphatic rings. The molecule has 1 N–H and O–H groups in total. The van der Waals surface area contributed by atoms with Gasteiger partial charge in [0.2, 0.25) is 0 Å². The number of benzene rings is 2. The third-order valence-electron chi connectivity index (χ3n) is 3.39. The summed E-state index contributed by atoms with van der Waals surface area (Å²) in [5, 5.41) is 5.45. The molecule has 0 spiro atoms. The molecule has 0 aliphatic heterocycles. The van der Waals surface area contributed by atoms with Crippen LogP contribution in [-0.2, 0) is 4.79 Å². The van der Waals surface area contributed by atoms with E-state index < -0.39 is 5.91 Å². The van der Waals surface area contributed by atoms with Crippen LogP contribution in [-0.4, -0.2) is 18.7 Å². The Bertz CT molecular complexity index is 969. The van der Waals surface area contributed by atoms with Gasteiger partial charge in [-0.05, 0) is 54.6 Å². The molecule has 27 heavy (non-hydrogen) atoms. The second-order valence-corrected chi connectivity index (χ2v) is 6.64. The zero-order valence-corrected chi connectivity index (χ0v) is 16.1. The topological polar surface area (TPSA) is 63.8 Å². The lowest BCUT2D eigenvalue weighted by Gasteiger charge is -2.04. The van der Waals surface area contributed by atoms with Gasteiger partial charge in [-0.1, -0.05) is 34.8 Å². The molecule has 1 aromatic heterocycles. The van der Waals surface area contributed by atoms with E-state index in [-0.39, 0.29) is 6.61 Å². The van der Waals surface area contributed by atoms with Crippen LogP contribution in [0.2, 0.25) is 15.1 Å². The predicted octanol–water partition coefficient (Wildman–Crippen LogP) is 5.44. The molecule has 138 valence electrons. The number of halogens is 3. The fraction of sp³-hybridized carbons (Fsp3) is 0.0526. The van der Waals surface area contributed by atoms with Crippen LogP contribution in [0.3, 0.4) is 0 Å². The zero-order chi connectivity index (χ0) is 19.2. The highest BCUT2D eigenvalue weighted by Crippen LogP contribution is 2.31. The molecule has 2 aromatic carbocycles. The van der Waals surface area contributed by atoms with Crippen molar-refractivity contribution in [1.82, 2.24) is 5.43 Å². The molecule has 1 amide bonds. The van der Waals surface area contributed by atoms with Gasteiger partial charge in [0, 0.05) is 15.6 Å². The zero-order valence-electron chi connectivity index (χ0n) is 13.8. The molecule has 1 heterocycles. The number of nitrogens with zero attached hydrogens (tertiary/aromatic N) is 1. The quantitative estimate of drug-likeness (QED) is 0.424. The number of ether oxygens (including phenoxy) is 1. The maximum absolute atomic E-state index is 11.7. The van der Waals surface area contributed by atoms with Crippen LogP contribution in [0, 0.1) is 0 Å². The Balaban J connectivity index is 1.53. The van der Waals surface area contributed by atoms with Crippen LogP contribution >= 0.6 is 34.8 Å². The third-order valence-corrected chi connectivity index (χ3v) is 4.19. The van der Waals surface area contributed by atoms with E-state index in [4.69, 9.17) is 44.0 Å². The molecule has 0 radical (unpaired) electrons. The Labute approximate surface area is 170 Å². The van der Waals surface area contributed by atoms with Gasteiger partial charge in [-0.3, -0.25) is 4.79 Å². The molecule has 0 atom stereocenters. The first-order valence-electron chi connectivity index (χ1n) is 7.77. The van der Waals surface area contributed by atoms with Crippen molar-refractivity contribution in [2.75, 3.05) is 6.61 Å². The lowest BCUT2D eigenvalue weighted by molar-refractivity contribution is -0.123. The first-order chi connectivity index (χ1) is 13.0. The van der Waals surface area contributed by atoms with Crippen molar-refractivity contribution in [1.29, 1.82) is 0 Å². The average molecular weight is 424 g/mol. The molecule has 3 aromatic rings. The van der Waals surface area contributed by atoms with E-state index in [1.54, 1.807) is 54.6 Å². The number of hydrogen-bond donors (Lipinski definition) is 1. The lowest BCUT2D eigenvalue weighted by Crippen LogP contribution is -2.24. The molecular weight excluding hydrogens is 411 g/mol. The summed E-state index contributed by atoms with van der Waals surface area (Å²) in [6, 6.07) is 15.3. The Kier molecular flexibility index (Phi) is 6.40. The number of furan rings is 1. The van der Waals surface area contributed by atoms with E-state index in [9.17, 15) is 4.79 Å². The highest BCUT2D eigenvalue weighted by Gasteiger charge is 2.08. The van der Waals surface area contributed by atoms with Gasteiger partial charge in [0.1, 0.15) is 17.3 Å². The summed E-state index contributed by atoms with van der Waals surface area (Å²) in [7, 11) is 0. The van der Waals surface area contributed by atoms with Gasteiger partial charge >= 0.3 is 0 Å². The number of rotatable bonds is 6. The average Bonchev–Trinajstić information content (AvgIpc) is 3.10. The highest BCUT2D eigenvalue weighted by atomic mass is 35.5. The van der Waals surface area contributed by atoms with Crippen LogP contribution < -0.4 is 10.2 Å². The molecule has 0 saturated carbocycles. The van der Waals surface area contributed by atoms with E-state index in [0.29, 0.717) is 37.9 Å². The smallest absolute Gasteiger partial charge is 0.277 e. The minimum absolute atomic E-state index is 0.178. The highest BCUT2D eigenvalue weighted by molar-refractivity contribution is 6.36. The van der Waals surface area contributed by atoms with Gasteiger partial charge in [0.15, 0.2) is 6.61 Å². The number of amides is 1. The number of hydrogen-bond acceptors (Lipinski definition) is 4. The van der Waals surface area contributed by atoms with Gasteiger partial charge in [-0.2, -0.15) is 5.10 Å². The number of carbonyl (C=O) groups is 1.